The zero-order valence-electron chi connectivity index (χ0n) is 17.4. The molecular weight excluding hydrogens is 372 g/mol. The van der Waals surface area contributed by atoms with Gasteiger partial charge in [-0.15, -0.1) is 0 Å². The second-order valence-electron chi connectivity index (χ2n) is 7.46. The first-order valence-electron chi connectivity index (χ1n) is 10.2. The van der Waals surface area contributed by atoms with Crippen LogP contribution in [0.2, 0.25) is 0 Å². The average Bonchev–Trinajstić information content (AvgIpc) is 3.21. The SMILES string of the molecule is CCOc1ccc(CN(C)C(=NC)NCC2(N3CCOCC3)CCSC2)cc1. The van der Waals surface area contributed by atoms with Crippen molar-refractivity contribution in [3.8, 4) is 5.75 Å². The van der Waals surface area contributed by atoms with Crippen LogP contribution in [-0.2, 0) is 11.3 Å². The van der Waals surface area contributed by atoms with Gasteiger partial charge < -0.3 is 19.7 Å². The minimum absolute atomic E-state index is 0.213. The number of morpholine rings is 1. The molecule has 7 heteroatoms. The maximum atomic E-state index is 5.57. The number of guanidine groups is 1. The minimum Gasteiger partial charge on any atom is -0.494 e. The summed E-state index contributed by atoms with van der Waals surface area (Å²) >= 11 is 2.06. The monoisotopic (exact) mass is 406 g/mol. The van der Waals surface area contributed by atoms with Crippen molar-refractivity contribution in [3.63, 3.8) is 0 Å². The molecule has 0 spiro atoms. The molecule has 0 radical (unpaired) electrons. The van der Waals surface area contributed by atoms with E-state index in [2.05, 4.69) is 51.1 Å². The van der Waals surface area contributed by atoms with Gasteiger partial charge in [-0.2, -0.15) is 11.8 Å². The molecule has 0 bridgehead atoms. The van der Waals surface area contributed by atoms with Crippen LogP contribution in [-0.4, -0.2) is 86.4 Å². The molecule has 2 aliphatic heterocycles. The Morgan fingerprint density at radius 2 is 2.07 bits per heavy atom. The molecular formula is C21H34N4O2S. The molecule has 2 saturated heterocycles. The number of benzene rings is 1. The van der Waals surface area contributed by atoms with E-state index in [-0.39, 0.29) is 5.54 Å². The number of rotatable bonds is 7. The summed E-state index contributed by atoms with van der Waals surface area (Å²) in [5.41, 5.74) is 1.46. The Balaban J connectivity index is 1.58. The molecule has 1 atom stereocenters. The zero-order valence-corrected chi connectivity index (χ0v) is 18.3. The summed E-state index contributed by atoms with van der Waals surface area (Å²) in [4.78, 5) is 9.34. The fourth-order valence-electron chi connectivity index (χ4n) is 3.97. The van der Waals surface area contributed by atoms with Crippen molar-refractivity contribution in [2.45, 2.75) is 25.4 Å². The van der Waals surface area contributed by atoms with Crippen LogP contribution >= 0.6 is 11.8 Å². The number of hydrogen-bond acceptors (Lipinski definition) is 5. The Labute approximate surface area is 173 Å². The molecule has 6 nitrogen and oxygen atoms in total. The van der Waals surface area contributed by atoms with Crippen molar-refractivity contribution in [2.24, 2.45) is 4.99 Å². The maximum Gasteiger partial charge on any atom is 0.193 e. The van der Waals surface area contributed by atoms with Crippen molar-refractivity contribution < 1.29 is 9.47 Å². The van der Waals surface area contributed by atoms with Gasteiger partial charge in [0, 0.05) is 51.6 Å². The highest BCUT2D eigenvalue weighted by molar-refractivity contribution is 7.99. The summed E-state index contributed by atoms with van der Waals surface area (Å²) in [6.07, 6.45) is 1.23. The third kappa shape index (κ3) is 5.33. The van der Waals surface area contributed by atoms with E-state index < -0.39 is 0 Å². The van der Waals surface area contributed by atoms with E-state index in [1.807, 2.05) is 26.1 Å². The van der Waals surface area contributed by atoms with Crippen molar-refractivity contribution >= 4 is 17.7 Å². The van der Waals surface area contributed by atoms with Gasteiger partial charge in [0.15, 0.2) is 5.96 Å². The van der Waals surface area contributed by atoms with E-state index in [1.165, 1.54) is 23.5 Å². The summed E-state index contributed by atoms with van der Waals surface area (Å²) in [5.74, 6) is 4.28. The zero-order chi connectivity index (χ0) is 19.8. The molecule has 0 aliphatic carbocycles. The van der Waals surface area contributed by atoms with Crippen LogP contribution in [0.25, 0.3) is 0 Å². The number of hydrogen-bond donors (Lipinski definition) is 1. The summed E-state index contributed by atoms with van der Waals surface area (Å²) < 4.78 is 11.1. The Hall–Kier alpha value is -1.44. The van der Waals surface area contributed by atoms with E-state index in [4.69, 9.17) is 9.47 Å². The molecule has 2 fully saturated rings. The highest BCUT2D eigenvalue weighted by Crippen LogP contribution is 2.33. The number of thioether (sulfide) groups is 1. The highest BCUT2D eigenvalue weighted by atomic mass is 32.2. The first-order chi connectivity index (χ1) is 13.7. The molecule has 156 valence electrons. The van der Waals surface area contributed by atoms with Crippen molar-refractivity contribution in [1.29, 1.82) is 0 Å². The largest absolute Gasteiger partial charge is 0.494 e. The normalized spacial score (nSPS) is 23.6. The van der Waals surface area contributed by atoms with Gasteiger partial charge in [-0.05, 0) is 36.8 Å². The number of nitrogens with zero attached hydrogens (tertiary/aromatic N) is 3. The van der Waals surface area contributed by atoms with Crippen LogP contribution in [0.5, 0.6) is 5.75 Å². The van der Waals surface area contributed by atoms with E-state index in [9.17, 15) is 0 Å². The predicted octanol–water partition coefficient (Wildman–Crippen LogP) is 2.30. The van der Waals surface area contributed by atoms with Gasteiger partial charge in [0.25, 0.3) is 0 Å². The average molecular weight is 407 g/mol. The molecule has 0 saturated carbocycles. The lowest BCUT2D eigenvalue weighted by Gasteiger charge is -2.43. The first-order valence-corrected chi connectivity index (χ1v) is 11.4. The lowest BCUT2D eigenvalue weighted by molar-refractivity contribution is -0.0121. The van der Waals surface area contributed by atoms with Gasteiger partial charge in [0.1, 0.15) is 5.75 Å². The number of aliphatic imine (C=N–C) groups is 1. The van der Waals surface area contributed by atoms with Crippen LogP contribution in [0.15, 0.2) is 29.3 Å². The molecule has 0 aromatic heterocycles. The van der Waals surface area contributed by atoms with Crippen LogP contribution in [0.4, 0.5) is 0 Å². The summed E-state index contributed by atoms with van der Waals surface area (Å²) in [6, 6.07) is 8.31. The Bertz CT molecular complexity index is 626. The summed E-state index contributed by atoms with van der Waals surface area (Å²) in [7, 11) is 3.96. The molecule has 28 heavy (non-hydrogen) atoms. The topological polar surface area (TPSA) is 49.3 Å². The second kappa shape index (κ2) is 10.4. The van der Waals surface area contributed by atoms with Gasteiger partial charge in [-0.3, -0.25) is 9.89 Å². The number of nitrogens with one attached hydrogen (secondary N) is 1. The van der Waals surface area contributed by atoms with E-state index >= 15 is 0 Å². The second-order valence-corrected chi connectivity index (χ2v) is 8.57. The predicted molar refractivity (Wildman–Crippen MR) is 118 cm³/mol. The lowest BCUT2D eigenvalue weighted by Crippen LogP contribution is -2.60. The first kappa shape index (κ1) is 21.3. The van der Waals surface area contributed by atoms with Crippen LogP contribution in [0.3, 0.4) is 0 Å². The standard InChI is InChI=1S/C21H34N4O2S/c1-4-27-19-7-5-18(6-8-19)15-24(3)20(22-2)23-16-21(9-14-28-17-21)25-10-12-26-13-11-25/h5-8H,4,9-17H2,1-3H3,(H,22,23). The van der Waals surface area contributed by atoms with Crippen LogP contribution < -0.4 is 10.1 Å². The molecule has 2 aliphatic rings. The van der Waals surface area contributed by atoms with Crippen molar-refractivity contribution in [2.75, 3.05) is 65.1 Å². The van der Waals surface area contributed by atoms with E-state index in [0.717, 1.165) is 51.1 Å². The van der Waals surface area contributed by atoms with Crippen molar-refractivity contribution in [3.05, 3.63) is 29.8 Å². The molecule has 3 rings (SSSR count). The Kier molecular flexibility index (Phi) is 7.88. The molecule has 1 unspecified atom stereocenters. The summed E-state index contributed by atoms with van der Waals surface area (Å²) in [6.45, 7) is 8.19. The van der Waals surface area contributed by atoms with E-state index in [0.29, 0.717) is 6.61 Å². The smallest absolute Gasteiger partial charge is 0.193 e. The molecule has 1 aromatic rings. The van der Waals surface area contributed by atoms with Crippen LogP contribution in [0, 0.1) is 0 Å². The Morgan fingerprint density at radius 3 is 2.68 bits per heavy atom. The van der Waals surface area contributed by atoms with Gasteiger partial charge in [-0.1, -0.05) is 12.1 Å². The summed E-state index contributed by atoms with van der Waals surface area (Å²) in [5, 5.41) is 3.66. The van der Waals surface area contributed by atoms with Gasteiger partial charge in [-0.25, -0.2) is 0 Å². The molecule has 2 heterocycles. The quantitative estimate of drug-likeness (QED) is 0.554. The third-order valence-corrected chi connectivity index (χ3v) is 6.80. The van der Waals surface area contributed by atoms with E-state index in [1.54, 1.807) is 0 Å². The van der Waals surface area contributed by atoms with Gasteiger partial charge in [0.2, 0.25) is 0 Å². The number of ether oxygens (including phenoxy) is 2. The van der Waals surface area contributed by atoms with Gasteiger partial charge in [0.05, 0.1) is 19.8 Å². The maximum absolute atomic E-state index is 5.57. The van der Waals surface area contributed by atoms with Gasteiger partial charge >= 0.3 is 0 Å². The van der Waals surface area contributed by atoms with Crippen LogP contribution in [0.1, 0.15) is 18.9 Å². The lowest BCUT2D eigenvalue weighted by atomic mass is 9.95. The fraction of sp³-hybridized carbons (Fsp3) is 0.667. The molecule has 1 N–H and O–H groups in total. The Morgan fingerprint density at radius 1 is 1.32 bits per heavy atom. The minimum atomic E-state index is 0.213. The fourth-order valence-corrected chi connectivity index (χ4v) is 5.45. The van der Waals surface area contributed by atoms with Crippen molar-refractivity contribution in [1.82, 2.24) is 15.1 Å². The third-order valence-electron chi connectivity index (χ3n) is 5.57. The highest BCUT2D eigenvalue weighted by Gasteiger charge is 2.40. The molecule has 1 aromatic carbocycles. The molecule has 0 amide bonds.